The zero-order valence-corrected chi connectivity index (χ0v) is 7.48. The lowest BCUT2D eigenvalue weighted by molar-refractivity contribution is 0.370. The van der Waals surface area contributed by atoms with E-state index in [1.807, 2.05) is 12.2 Å². The van der Waals surface area contributed by atoms with Gasteiger partial charge in [0.1, 0.15) is 0 Å². The van der Waals surface area contributed by atoms with Gasteiger partial charge in [0.05, 0.1) is 0 Å². The Morgan fingerprint density at radius 3 is 2.00 bits per heavy atom. The van der Waals surface area contributed by atoms with Gasteiger partial charge >= 0.3 is 0 Å². The molecule has 0 amide bonds. The van der Waals surface area contributed by atoms with Gasteiger partial charge in [0.25, 0.3) is 0 Å². The van der Waals surface area contributed by atoms with Crippen molar-refractivity contribution in [2.45, 2.75) is 0 Å². The van der Waals surface area contributed by atoms with Crippen LogP contribution in [0.2, 0.25) is 0 Å². The van der Waals surface area contributed by atoms with Gasteiger partial charge in [-0.1, -0.05) is 30.3 Å². The molecule has 1 nitrogen and oxygen atoms in total. The lowest BCUT2D eigenvalue weighted by Gasteiger charge is -2.17. The molecule has 0 unspecified atom stereocenters. The number of nitrogens with zero attached hydrogens (tertiary/aromatic N) is 1. The minimum atomic E-state index is 0.647. The lowest BCUT2D eigenvalue weighted by atomic mass is 10.4. The largest absolute Gasteiger partial charge is 0.291 e. The molecule has 2 heteroatoms. The van der Waals surface area contributed by atoms with Crippen LogP contribution >= 0.6 is 11.6 Å². The van der Waals surface area contributed by atoms with Crippen LogP contribution in [0, 0.1) is 0 Å². The molecule has 0 bridgehead atoms. The van der Waals surface area contributed by atoms with Crippen LogP contribution in [0.5, 0.6) is 0 Å². The minimum absolute atomic E-state index is 0.647. The Hall–Kier alpha value is -0.530. The normalized spacial score (nSPS) is 9.64. The van der Waals surface area contributed by atoms with E-state index in [1.54, 1.807) is 0 Å². The van der Waals surface area contributed by atoms with Crippen LogP contribution in [0.1, 0.15) is 0 Å². The molecule has 0 aromatic heterocycles. The van der Waals surface area contributed by atoms with Gasteiger partial charge in [0.2, 0.25) is 0 Å². The molecule has 11 heavy (non-hydrogen) atoms. The number of halogens is 1. The van der Waals surface area contributed by atoms with E-state index in [0.717, 1.165) is 13.1 Å². The van der Waals surface area contributed by atoms with Crippen molar-refractivity contribution in [3.05, 3.63) is 36.9 Å². The molecular weight excluding hydrogens is 158 g/mol. The highest BCUT2D eigenvalue weighted by atomic mass is 35.5. The third-order valence-electron chi connectivity index (χ3n) is 1.17. The molecule has 0 spiro atoms. The highest BCUT2D eigenvalue weighted by molar-refractivity contribution is 6.29. The molecule has 0 heterocycles. The van der Waals surface area contributed by atoms with Crippen molar-refractivity contribution >= 4 is 11.6 Å². The Balaban J connectivity index is 3.76. The van der Waals surface area contributed by atoms with Crippen molar-refractivity contribution in [3.63, 3.8) is 0 Å². The van der Waals surface area contributed by atoms with Crippen molar-refractivity contribution in [2.24, 2.45) is 0 Å². The monoisotopic (exact) mass is 171 g/mol. The standard InChI is InChI=1S/C9H14ClN/c1-4-6-11(7-5-2)8-9(3)10/h4-5H,1-3,6-8H2. The topological polar surface area (TPSA) is 3.24 Å². The molecule has 62 valence electrons. The summed E-state index contributed by atoms with van der Waals surface area (Å²) in [5, 5.41) is 0.647. The molecule has 0 rings (SSSR count). The Bertz CT molecular complexity index is 142. The summed E-state index contributed by atoms with van der Waals surface area (Å²) in [7, 11) is 0. The summed E-state index contributed by atoms with van der Waals surface area (Å²) in [5.41, 5.74) is 0. The van der Waals surface area contributed by atoms with Crippen LogP contribution in [-0.4, -0.2) is 24.5 Å². The number of rotatable bonds is 6. The molecule has 0 atom stereocenters. The van der Waals surface area contributed by atoms with Crippen LogP contribution in [0.3, 0.4) is 0 Å². The molecular formula is C9H14ClN. The van der Waals surface area contributed by atoms with Crippen molar-refractivity contribution in [1.29, 1.82) is 0 Å². The zero-order chi connectivity index (χ0) is 8.69. The Labute approximate surface area is 73.7 Å². The Morgan fingerprint density at radius 2 is 1.73 bits per heavy atom. The van der Waals surface area contributed by atoms with Crippen LogP contribution in [0.4, 0.5) is 0 Å². The van der Waals surface area contributed by atoms with Gasteiger partial charge in [-0.2, -0.15) is 0 Å². The zero-order valence-electron chi connectivity index (χ0n) is 6.72. The fourth-order valence-electron chi connectivity index (χ4n) is 0.811. The summed E-state index contributed by atoms with van der Waals surface area (Å²) in [4.78, 5) is 2.09. The first-order valence-electron chi connectivity index (χ1n) is 3.48. The third kappa shape index (κ3) is 5.89. The van der Waals surface area contributed by atoms with Gasteiger partial charge in [0.15, 0.2) is 0 Å². The maximum atomic E-state index is 5.64. The van der Waals surface area contributed by atoms with E-state index in [0.29, 0.717) is 11.6 Å². The second-order valence-corrected chi connectivity index (χ2v) is 2.82. The van der Waals surface area contributed by atoms with Crippen LogP contribution in [0.25, 0.3) is 0 Å². The van der Waals surface area contributed by atoms with Gasteiger partial charge < -0.3 is 0 Å². The molecule has 0 aliphatic rings. The van der Waals surface area contributed by atoms with Gasteiger partial charge in [-0.05, 0) is 0 Å². The molecule has 0 radical (unpaired) electrons. The molecule has 0 aliphatic carbocycles. The van der Waals surface area contributed by atoms with Gasteiger partial charge in [-0.3, -0.25) is 4.90 Å². The smallest absolute Gasteiger partial charge is 0.0342 e. The van der Waals surface area contributed by atoms with Crippen molar-refractivity contribution in [2.75, 3.05) is 19.6 Å². The number of hydrogen-bond donors (Lipinski definition) is 0. The first-order chi connectivity index (χ1) is 5.20. The van der Waals surface area contributed by atoms with E-state index in [-0.39, 0.29) is 0 Å². The Morgan fingerprint density at radius 1 is 1.27 bits per heavy atom. The van der Waals surface area contributed by atoms with Gasteiger partial charge in [0, 0.05) is 24.7 Å². The molecule has 0 aliphatic heterocycles. The molecule has 0 aromatic carbocycles. The van der Waals surface area contributed by atoms with E-state index in [1.165, 1.54) is 0 Å². The third-order valence-corrected chi connectivity index (χ3v) is 1.29. The fourth-order valence-corrected chi connectivity index (χ4v) is 0.980. The predicted molar refractivity (Wildman–Crippen MR) is 51.8 cm³/mol. The SMILES string of the molecule is C=CCN(CC=C)CC(=C)Cl. The second-order valence-electron chi connectivity index (χ2n) is 2.29. The molecule has 0 saturated carbocycles. The van der Waals surface area contributed by atoms with Crippen LogP contribution in [0.15, 0.2) is 36.9 Å². The molecule has 0 aromatic rings. The van der Waals surface area contributed by atoms with E-state index in [4.69, 9.17) is 11.6 Å². The first kappa shape index (κ1) is 10.5. The van der Waals surface area contributed by atoms with Crippen molar-refractivity contribution < 1.29 is 0 Å². The summed E-state index contributed by atoms with van der Waals surface area (Å²) in [6.45, 7) is 13.2. The van der Waals surface area contributed by atoms with Crippen LogP contribution < -0.4 is 0 Å². The Kier molecular flexibility index (Phi) is 5.90. The number of hydrogen-bond acceptors (Lipinski definition) is 1. The average Bonchev–Trinajstić information content (AvgIpc) is 1.87. The molecule has 0 N–H and O–H groups in total. The van der Waals surface area contributed by atoms with Crippen molar-refractivity contribution in [3.8, 4) is 0 Å². The molecule has 0 fully saturated rings. The summed E-state index contributed by atoms with van der Waals surface area (Å²) < 4.78 is 0. The lowest BCUT2D eigenvalue weighted by Crippen LogP contribution is -2.24. The van der Waals surface area contributed by atoms with E-state index < -0.39 is 0 Å². The quantitative estimate of drug-likeness (QED) is 0.555. The summed E-state index contributed by atoms with van der Waals surface area (Å²) >= 11 is 5.64. The minimum Gasteiger partial charge on any atom is -0.291 e. The summed E-state index contributed by atoms with van der Waals surface area (Å²) in [5.74, 6) is 0. The van der Waals surface area contributed by atoms with E-state index in [9.17, 15) is 0 Å². The van der Waals surface area contributed by atoms with Crippen molar-refractivity contribution in [1.82, 2.24) is 4.90 Å². The average molecular weight is 172 g/mol. The van der Waals surface area contributed by atoms with Gasteiger partial charge in [-0.25, -0.2) is 0 Å². The van der Waals surface area contributed by atoms with Gasteiger partial charge in [-0.15, -0.1) is 13.2 Å². The van der Waals surface area contributed by atoms with E-state index >= 15 is 0 Å². The van der Waals surface area contributed by atoms with E-state index in [2.05, 4.69) is 24.6 Å². The summed E-state index contributed by atoms with van der Waals surface area (Å²) in [6, 6.07) is 0. The first-order valence-corrected chi connectivity index (χ1v) is 3.86. The fraction of sp³-hybridized carbons (Fsp3) is 0.333. The second kappa shape index (κ2) is 6.20. The highest BCUT2D eigenvalue weighted by Gasteiger charge is 1.99. The maximum absolute atomic E-state index is 5.64. The highest BCUT2D eigenvalue weighted by Crippen LogP contribution is 2.00. The summed E-state index contributed by atoms with van der Waals surface area (Å²) in [6.07, 6.45) is 3.67. The molecule has 0 saturated heterocycles. The maximum Gasteiger partial charge on any atom is 0.0342 e. The van der Waals surface area contributed by atoms with Crippen LogP contribution in [-0.2, 0) is 0 Å². The predicted octanol–water partition coefficient (Wildman–Crippen LogP) is 2.41.